The number of halogens is 6. The van der Waals surface area contributed by atoms with Crippen LogP contribution in [-0.2, 0) is 15.8 Å². The number of ether oxygens (including phenoxy) is 1. The molecule has 2 aromatic rings. The average molecular weight is 518 g/mol. The summed E-state index contributed by atoms with van der Waals surface area (Å²) in [5, 5.41) is -1.08. The monoisotopic (exact) mass is 518 g/mol. The maximum atomic E-state index is 13.1. The lowest BCUT2D eigenvalue weighted by molar-refractivity contribution is -0.347. The Balaban J connectivity index is 2.00. The van der Waals surface area contributed by atoms with E-state index in [0.29, 0.717) is 0 Å². The van der Waals surface area contributed by atoms with Gasteiger partial charge in [0, 0.05) is 6.04 Å². The summed E-state index contributed by atoms with van der Waals surface area (Å²) in [7, 11) is -6.57. The first kappa shape index (κ1) is 26.4. The molecule has 0 amide bonds. The van der Waals surface area contributed by atoms with E-state index < -0.39 is 50.3 Å². The second kappa shape index (κ2) is 8.50. The van der Waals surface area contributed by atoms with Gasteiger partial charge in [0.05, 0.1) is 31.3 Å². The molecule has 0 aliphatic heterocycles. The van der Waals surface area contributed by atoms with Gasteiger partial charge in [0.2, 0.25) is 5.95 Å². The summed E-state index contributed by atoms with van der Waals surface area (Å²) in [6.45, 7) is 3.19. The SMILES string of the molecule is CC(C)Nc1nc(N)nc2c1ncn2CC1(OC(CC(F)(F)F)(CC(F)(F)F)P(=O)([O-])[O-])CC1. The maximum absolute atomic E-state index is 13.1. The van der Waals surface area contributed by atoms with Crippen LogP contribution in [0.1, 0.15) is 39.5 Å². The van der Waals surface area contributed by atoms with Gasteiger partial charge in [-0.2, -0.15) is 36.3 Å². The molecule has 1 fully saturated rings. The molecule has 0 spiro atoms. The molecule has 3 N–H and O–H groups in total. The summed E-state index contributed by atoms with van der Waals surface area (Å²) in [5.41, 5.74) is 4.22. The zero-order valence-electron chi connectivity index (χ0n) is 17.9. The molecule has 192 valence electrons. The van der Waals surface area contributed by atoms with Crippen LogP contribution in [0.2, 0.25) is 0 Å². The minimum Gasteiger partial charge on any atom is -0.809 e. The van der Waals surface area contributed by atoms with E-state index in [1.54, 1.807) is 13.8 Å². The Bertz CT molecular complexity index is 1080. The molecule has 10 nitrogen and oxygen atoms in total. The van der Waals surface area contributed by atoms with E-state index in [2.05, 4.69) is 20.3 Å². The van der Waals surface area contributed by atoms with Crippen molar-refractivity contribution in [2.24, 2.45) is 0 Å². The van der Waals surface area contributed by atoms with Crippen LogP contribution in [0.25, 0.3) is 11.2 Å². The molecule has 3 rings (SSSR count). The van der Waals surface area contributed by atoms with E-state index in [1.807, 2.05) is 0 Å². The van der Waals surface area contributed by atoms with Crippen molar-refractivity contribution in [3.63, 3.8) is 0 Å². The highest BCUT2D eigenvalue weighted by Crippen LogP contribution is 2.60. The molecule has 1 saturated carbocycles. The number of nitrogens with one attached hydrogen (secondary N) is 1. The van der Waals surface area contributed by atoms with Gasteiger partial charge in [0.1, 0.15) is 5.34 Å². The van der Waals surface area contributed by atoms with Gasteiger partial charge in [-0.15, -0.1) is 0 Å². The van der Waals surface area contributed by atoms with Gasteiger partial charge >= 0.3 is 12.4 Å². The lowest BCUT2D eigenvalue weighted by atomic mass is 10.1. The van der Waals surface area contributed by atoms with Gasteiger partial charge in [-0.3, -0.25) is 0 Å². The number of fused-ring (bicyclic) bond motifs is 1. The lowest BCUT2D eigenvalue weighted by Gasteiger charge is -2.51. The molecule has 0 saturated heterocycles. The molecular formula is C17H21F6N6O4P-2. The van der Waals surface area contributed by atoms with Gasteiger partial charge in [0.15, 0.2) is 17.0 Å². The number of alkyl halides is 6. The van der Waals surface area contributed by atoms with E-state index >= 15 is 0 Å². The van der Waals surface area contributed by atoms with Gasteiger partial charge < -0.3 is 34.7 Å². The summed E-state index contributed by atoms with van der Waals surface area (Å²) >= 11 is 0. The van der Waals surface area contributed by atoms with Crippen LogP contribution < -0.4 is 20.8 Å². The molecule has 34 heavy (non-hydrogen) atoms. The Labute approximate surface area is 189 Å². The number of hydrogen-bond donors (Lipinski definition) is 2. The molecule has 0 atom stereocenters. The summed E-state index contributed by atoms with van der Waals surface area (Å²) in [5.74, 6) is 0.0596. The Hall–Kier alpha value is -2.16. The third kappa shape index (κ3) is 6.09. The van der Waals surface area contributed by atoms with Crippen LogP contribution in [0.5, 0.6) is 0 Å². The minimum atomic E-state index is -6.57. The topological polar surface area (TPSA) is 154 Å². The van der Waals surface area contributed by atoms with Crippen LogP contribution >= 0.6 is 7.60 Å². The smallest absolute Gasteiger partial charge is 0.392 e. The molecule has 0 aromatic carbocycles. The highest BCUT2D eigenvalue weighted by atomic mass is 31.2. The molecule has 0 unspecified atom stereocenters. The second-order valence-corrected chi connectivity index (χ2v) is 10.4. The standard InChI is InChI=1S/C17H23F6N6O4P/c1-9(2)26-11-10-12(28-13(24)27-11)29(8-25-10)7-14(3-4-14)33-15(34(30,31)32,5-16(18,19)20)6-17(21,22)23/h8-9H,3-7H2,1-2H3,(H2,30,31,32)(H3,24,26,27,28)/p-2. The number of nitrogen functional groups attached to an aromatic ring is 1. The fourth-order valence-corrected chi connectivity index (χ4v) is 4.66. The fraction of sp³-hybridized carbons (Fsp3) is 0.706. The maximum Gasteiger partial charge on any atom is 0.392 e. The average Bonchev–Trinajstić information content (AvgIpc) is 3.21. The number of anilines is 2. The number of aromatic nitrogens is 4. The second-order valence-electron chi connectivity index (χ2n) is 8.59. The van der Waals surface area contributed by atoms with Crippen LogP contribution in [0.15, 0.2) is 6.33 Å². The summed E-state index contributed by atoms with van der Waals surface area (Å²) in [6.07, 6.45) is -15.1. The predicted molar refractivity (Wildman–Crippen MR) is 103 cm³/mol. The van der Waals surface area contributed by atoms with Gasteiger partial charge in [-0.05, 0) is 34.3 Å². The van der Waals surface area contributed by atoms with Crippen molar-refractivity contribution in [1.82, 2.24) is 19.5 Å². The number of nitrogens with two attached hydrogens (primary N) is 1. The number of hydrogen-bond acceptors (Lipinski definition) is 9. The zero-order chi connectivity index (χ0) is 25.7. The summed E-state index contributed by atoms with van der Waals surface area (Å²) < 4.78 is 96.9. The van der Waals surface area contributed by atoms with Crippen LogP contribution in [-0.4, -0.2) is 48.9 Å². The fourth-order valence-electron chi connectivity index (χ4n) is 3.61. The lowest BCUT2D eigenvalue weighted by Crippen LogP contribution is -2.51. The normalized spacial score (nSPS) is 16.9. The quantitative estimate of drug-likeness (QED) is 0.376. The van der Waals surface area contributed by atoms with Crippen molar-refractivity contribution in [3.05, 3.63) is 6.33 Å². The van der Waals surface area contributed by atoms with E-state index in [9.17, 15) is 40.7 Å². The Kier molecular flexibility index (Phi) is 6.61. The molecular weight excluding hydrogens is 497 g/mol. The first-order valence-corrected chi connectivity index (χ1v) is 11.5. The van der Waals surface area contributed by atoms with Crippen LogP contribution in [0.3, 0.4) is 0 Å². The Morgan fingerprint density at radius 2 is 1.74 bits per heavy atom. The van der Waals surface area contributed by atoms with Crippen molar-refractivity contribution >= 4 is 30.5 Å². The molecule has 2 heterocycles. The third-order valence-electron chi connectivity index (χ3n) is 5.03. The van der Waals surface area contributed by atoms with E-state index in [1.165, 1.54) is 10.9 Å². The first-order valence-electron chi connectivity index (χ1n) is 9.94. The van der Waals surface area contributed by atoms with E-state index in [-0.39, 0.29) is 41.8 Å². The third-order valence-corrected chi connectivity index (χ3v) is 6.44. The van der Waals surface area contributed by atoms with Crippen molar-refractivity contribution < 1.29 is 45.4 Å². The van der Waals surface area contributed by atoms with Crippen LogP contribution in [0, 0.1) is 0 Å². The number of nitrogens with zero attached hydrogens (tertiary/aromatic N) is 4. The van der Waals surface area contributed by atoms with Crippen molar-refractivity contribution in [3.8, 4) is 0 Å². The largest absolute Gasteiger partial charge is 0.809 e. The zero-order valence-corrected chi connectivity index (χ0v) is 18.8. The Morgan fingerprint density at radius 3 is 2.18 bits per heavy atom. The van der Waals surface area contributed by atoms with Gasteiger partial charge in [-0.1, -0.05) is 0 Å². The summed E-state index contributed by atoms with van der Waals surface area (Å²) in [4.78, 5) is 35.8. The molecule has 1 aliphatic rings. The molecule has 0 bridgehead atoms. The van der Waals surface area contributed by atoms with Gasteiger partial charge in [0.25, 0.3) is 0 Å². The van der Waals surface area contributed by atoms with Crippen molar-refractivity contribution in [2.45, 2.75) is 75.4 Å². The molecule has 1 aliphatic carbocycles. The summed E-state index contributed by atoms with van der Waals surface area (Å²) in [6, 6.07) is -0.0886. The van der Waals surface area contributed by atoms with Crippen molar-refractivity contribution in [2.75, 3.05) is 11.1 Å². The van der Waals surface area contributed by atoms with E-state index in [4.69, 9.17) is 10.5 Å². The molecule has 2 aromatic heterocycles. The molecule has 0 radical (unpaired) electrons. The number of rotatable bonds is 9. The van der Waals surface area contributed by atoms with Crippen molar-refractivity contribution in [1.29, 1.82) is 0 Å². The highest BCUT2D eigenvalue weighted by Gasteiger charge is 2.58. The highest BCUT2D eigenvalue weighted by molar-refractivity contribution is 7.50. The predicted octanol–water partition coefficient (Wildman–Crippen LogP) is 2.29. The first-order chi connectivity index (χ1) is 15.3. The minimum absolute atomic E-state index is 0.0886. The van der Waals surface area contributed by atoms with Crippen LogP contribution in [0.4, 0.5) is 38.1 Å². The number of imidazole rings is 1. The Morgan fingerprint density at radius 1 is 1.18 bits per heavy atom. The van der Waals surface area contributed by atoms with Gasteiger partial charge in [-0.25, -0.2) is 4.98 Å². The molecule has 17 heteroatoms. The van der Waals surface area contributed by atoms with E-state index in [0.717, 1.165) is 0 Å².